The Kier molecular flexibility index (Phi) is 4.76. The normalized spacial score (nSPS) is 14.7. The second-order valence-corrected chi connectivity index (χ2v) is 3.81. The van der Waals surface area contributed by atoms with Crippen molar-refractivity contribution in [2.75, 3.05) is 0 Å². The first-order chi connectivity index (χ1) is 4.57. The summed E-state index contributed by atoms with van der Waals surface area (Å²) in [4.78, 5) is 0. The van der Waals surface area contributed by atoms with Crippen molar-refractivity contribution in [1.29, 1.82) is 0 Å². The average Bonchev–Trinajstić information content (AvgIpc) is 1.81. The zero-order valence-corrected chi connectivity index (χ0v) is 8.07. The van der Waals surface area contributed by atoms with Gasteiger partial charge in [-0.05, 0) is 5.92 Å². The van der Waals surface area contributed by atoms with Gasteiger partial charge in [0.1, 0.15) is 0 Å². The topological polar surface area (TPSA) is 0 Å². The Bertz CT molecular complexity index is 72.1. The van der Waals surface area contributed by atoms with Gasteiger partial charge in [-0.3, -0.25) is 0 Å². The molecule has 0 saturated heterocycles. The lowest BCUT2D eigenvalue weighted by molar-refractivity contribution is 0.413. The van der Waals surface area contributed by atoms with Crippen LogP contribution in [-0.4, -0.2) is 0 Å². The summed E-state index contributed by atoms with van der Waals surface area (Å²) < 4.78 is 0. The maximum Gasteiger partial charge on any atom is -0.0493 e. The fourth-order valence-electron chi connectivity index (χ4n) is 1.38. The summed E-state index contributed by atoms with van der Waals surface area (Å²) >= 11 is 0. The van der Waals surface area contributed by atoms with Gasteiger partial charge in [0.05, 0.1) is 0 Å². The van der Waals surface area contributed by atoms with Crippen molar-refractivity contribution >= 4 is 0 Å². The minimum atomic E-state index is 0.847. The largest absolute Gasteiger partial charge is 0.317 e. The van der Waals surface area contributed by atoms with Crippen LogP contribution in [-0.2, 0) is 0 Å². The second kappa shape index (κ2) is 4.76. The van der Waals surface area contributed by atoms with Crippen molar-refractivity contribution < 1.29 is 0 Å². The molecule has 0 aliphatic heterocycles. The number of rotatable bonds is 4. The maximum absolute atomic E-state index is 2.30. The first-order valence-electron chi connectivity index (χ1n) is 4.38. The Hall–Kier alpha value is 0. The molecule has 0 amide bonds. The molecule has 62 valence electrons. The molecule has 0 rings (SSSR count). The minimum absolute atomic E-state index is 0.847. The third kappa shape index (κ3) is 3.92. The van der Waals surface area contributed by atoms with Gasteiger partial charge in [-0.25, -0.2) is 0 Å². The zero-order chi connectivity index (χ0) is 8.15. The molecular formula is C10H21-. The predicted molar refractivity (Wildman–Crippen MR) is 47.8 cm³/mol. The molecule has 10 heavy (non-hydrogen) atoms. The molecule has 1 atom stereocenters. The lowest BCUT2D eigenvalue weighted by Gasteiger charge is -2.32. The van der Waals surface area contributed by atoms with Crippen LogP contribution in [0.1, 0.15) is 47.5 Å². The molecule has 0 heteroatoms. The van der Waals surface area contributed by atoms with Gasteiger partial charge in [-0.2, -0.15) is 19.8 Å². The Morgan fingerprint density at radius 2 is 1.70 bits per heavy atom. The highest BCUT2D eigenvalue weighted by Gasteiger charge is 2.02. The molecule has 0 saturated carbocycles. The van der Waals surface area contributed by atoms with E-state index in [1.807, 2.05) is 0 Å². The molecule has 0 N–H and O–H groups in total. The van der Waals surface area contributed by atoms with Crippen LogP contribution >= 0.6 is 0 Å². The maximum atomic E-state index is 2.30. The number of hydrogen-bond acceptors (Lipinski definition) is 0. The molecule has 1 unspecified atom stereocenters. The Morgan fingerprint density at radius 3 is 1.80 bits per heavy atom. The minimum Gasteiger partial charge on any atom is -0.317 e. The fraction of sp³-hybridized carbons (Fsp3) is 0.900. The summed E-state index contributed by atoms with van der Waals surface area (Å²) in [5.74, 6) is 3.30. The molecule has 0 aromatic carbocycles. The van der Waals surface area contributed by atoms with Crippen LogP contribution in [0.4, 0.5) is 0 Å². The first-order valence-corrected chi connectivity index (χ1v) is 4.38. The van der Waals surface area contributed by atoms with Gasteiger partial charge in [0, 0.05) is 0 Å². The van der Waals surface area contributed by atoms with E-state index >= 15 is 0 Å². The molecular weight excluding hydrogens is 120 g/mol. The molecule has 0 aromatic heterocycles. The summed E-state index contributed by atoms with van der Waals surface area (Å²) in [5.41, 5.74) is 0. The monoisotopic (exact) mass is 141 g/mol. The average molecular weight is 141 g/mol. The van der Waals surface area contributed by atoms with Gasteiger partial charge in [-0.15, -0.1) is 0 Å². The SMILES string of the molecule is CCC(CC(C)C)[C-](C)C. The van der Waals surface area contributed by atoms with Gasteiger partial charge < -0.3 is 5.92 Å². The highest BCUT2D eigenvalue weighted by atomic mass is 14.2. The molecule has 0 spiro atoms. The Balaban J connectivity index is 3.60. The van der Waals surface area contributed by atoms with E-state index in [9.17, 15) is 0 Å². The van der Waals surface area contributed by atoms with E-state index in [1.165, 1.54) is 12.8 Å². The predicted octanol–water partition coefficient (Wildman–Crippen LogP) is 3.67. The molecule has 0 aromatic rings. The van der Waals surface area contributed by atoms with E-state index in [-0.39, 0.29) is 0 Å². The van der Waals surface area contributed by atoms with Crippen LogP contribution in [0.25, 0.3) is 0 Å². The van der Waals surface area contributed by atoms with Gasteiger partial charge in [0.2, 0.25) is 0 Å². The lowest BCUT2D eigenvalue weighted by atomic mass is 9.86. The zero-order valence-electron chi connectivity index (χ0n) is 8.07. The summed E-state index contributed by atoms with van der Waals surface area (Å²) in [6, 6.07) is 0. The van der Waals surface area contributed by atoms with E-state index in [1.54, 1.807) is 5.92 Å². The van der Waals surface area contributed by atoms with Crippen molar-refractivity contribution in [3.05, 3.63) is 5.92 Å². The third-order valence-corrected chi connectivity index (χ3v) is 2.07. The van der Waals surface area contributed by atoms with Gasteiger partial charge >= 0.3 is 0 Å². The van der Waals surface area contributed by atoms with Crippen molar-refractivity contribution in [3.8, 4) is 0 Å². The van der Waals surface area contributed by atoms with Crippen molar-refractivity contribution in [1.82, 2.24) is 0 Å². The van der Waals surface area contributed by atoms with Crippen LogP contribution in [0.3, 0.4) is 0 Å². The van der Waals surface area contributed by atoms with Crippen LogP contribution in [0.15, 0.2) is 0 Å². The van der Waals surface area contributed by atoms with Crippen molar-refractivity contribution in [2.24, 2.45) is 11.8 Å². The quantitative estimate of drug-likeness (QED) is 0.524. The molecule has 0 bridgehead atoms. The van der Waals surface area contributed by atoms with E-state index in [0.29, 0.717) is 0 Å². The second-order valence-electron chi connectivity index (χ2n) is 3.81. The summed E-state index contributed by atoms with van der Waals surface area (Å²) in [6.45, 7) is 11.4. The lowest BCUT2D eigenvalue weighted by Crippen LogP contribution is -2.08. The fourth-order valence-corrected chi connectivity index (χ4v) is 1.38. The van der Waals surface area contributed by atoms with Gasteiger partial charge in [0.15, 0.2) is 0 Å². The van der Waals surface area contributed by atoms with E-state index in [0.717, 1.165) is 11.8 Å². The van der Waals surface area contributed by atoms with E-state index in [4.69, 9.17) is 0 Å². The summed E-state index contributed by atoms with van der Waals surface area (Å²) in [6.07, 6.45) is 2.67. The molecule has 0 fully saturated rings. The molecule has 0 aliphatic carbocycles. The smallest absolute Gasteiger partial charge is 0.0493 e. The summed E-state index contributed by atoms with van der Waals surface area (Å²) in [5, 5.41) is 0. The van der Waals surface area contributed by atoms with Crippen LogP contribution in [0.5, 0.6) is 0 Å². The Morgan fingerprint density at radius 1 is 1.20 bits per heavy atom. The van der Waals surface area contributed by atoms with E-state index in [2.05, 4.69) is 34.6 Å². The first kappa shape index (κ1) is 10.0. The molecule has 0 radical (unpaired) electrons. The van der Waals surface area contributed by atoms with Crippen LogP contribution in [0.2, 0.25) is 0 Å². The van der Waals surface area contributed by atoms with Gasteiger partial charge in [-0.1, -0.05) is 33.6 Å². The van der Waals surface area contributed by atoms with E-state index < -0.39 is 0 Å². The van der Waals surface area contributed by atoms with Crippen LogP contribution < -0.4 is 0 Å². The van der Waals surface area contributed by atoms with Crippen molar-refractivity contribution in [2.45, 2.75) is 47.5 Å². The highest BCUT2D eigenvalue weighted by molar-refractivity contribution is 4.86. The molecule has 0 heterocycles. The molecule has 0 aliphatic rings. The van der Waals surface area contributed by atoms with Crippen LogP contribution in [0, 0.1) is 17.8 Å². The molecule has 0 nitrogen and oxygen atoms in total. The summed E-state index contributed by atoms with van der Waals surface area (Å²) in [7, 11) is 0. The third-order valence-electron chi connectivity index (χ3n) is 2.07. The highest BCUT2D eigenvalue weighted by Crippen LogP contribution is 2.24. The van der Waals surface area contributed by atoms with Crippen molar-refractivity contribution in [3.63, 3.8) is 0 Å². The Labute approximate surface area is 66.0 Å². The standard InChI is InChI=1S/C10H21/c1-6-10(9(4)5)7-8(2)3/h8,10H,6-7H2,1-5H3/q-1. The van der Waals surface area contributed by atoms with Gasteiger partial charge in [0.25, 0.3) is 0 Å². The number of hydrogen-bond donors (Lipinski definition) is 0.